The van der Waals surface area contributed by atoms with Crippen molar-refractivity contribution in [3.63, 3.8) is 0 Å². The molecule has 0 aromatic carbocycles. The van der Waals surface area contributed by atoms with E-state index < -0.39 is 0 Å². The van der Waals surface area contributed by atoms with Gasteiger partial charge in [0.25, 0.3) is 6.47 Å². The summed E-state index contributed by atoms with van der Waals surface area (Å²) in [4.78, 5) is 8.36. The summed E-state index contributed by atoms with van der Waals surface area (Å²) >= 11 is 0. The van der Waals surface area contributed by atoms with Crippen LogP contribution in [0, 0.1) is 11.8 Å². The molecular weight excluding hydrogens is 180 g/mol. The first-order valence-corrected chi connectivity index (χ1v) is 5.20. The summed E-state index contributed by atoms with van der Waals surface area (Å²) in [5.41, 5.74) is 0. The second-order valence-electron chi connectivity index (χ2n) is 4.08. The van der Waals surface area contributed by atoms with Crippen molar-refractivity contribution in [2.45, 2.75) is 40.5 Å². The molecule has 0 aromatic heterocycles. The van der Waals surface area contributed by atoms with Crippen LogP contribution in [-0.2, 0) is 9.53 Å². The molecule has 0 bridgehead atoms. The molecule has 0 aliphatic heterocycles. The zero-order chi connectivity index (χ0) is 11.4. The van der Waals surface area contributed by atoms with Crippen molar-refractivity contribution in [1.29, 1.82) is 0 Å². The van der Waals surface area contributed by atoms with Crippen molar-refractivity contribution in [2.24, 2.45) is 11.8 Å². The highest BCUT2D eigenvalue weighted by Crippen LogP contribution is 2.02. The van der Waals surface area contributed by atoms with Crippen LogP contribution in [0.4, 0.5) is 0 Å². The van der Waals surface area contributed by atoms with Crippen LogP contribution in [0.5, 0.6) is 0 Å². The second-order valence-corrected chi connectivity index (χ2v) is 4.08. The van der Waals surface area contributed by atoms with Gasteiger partial charge in [-0.1, -0.05) is 27.7 Å². The summed E-state index contributed by atoms with van der Waals surface area (Å²) in [5, 5.41) is 6.89. The highest BCUT2D eigenvalue weighted by Gasteiger charge is 1.95. The predicted octanol–water partition coefficient (Wildman–Crippen LogP) is 2.80. The lowest BCUT2D eigenvalue weighted by Crippen LogP contribution is -2.02. The van der Waals surface area contributed by atoms with Gasteiger partial charge in [-0.3, -0.25) is 4.79 Å². The molecule has 0 saturated carbocycles. The van der Waals surface area contributed by atoms with Gasteiger partial charge in [0.1, 0.15) is 0 Å². The van der Waals surface area contributed by atoms with Crippen molar-refractivity contribution in [3.8, 4) is 0 Å². The van der Waals surface area contributed by atoms with Crippen LogP contribution in [0.2, 0.25) is 0 Å². The minimum absolute atomic E-state index is 0.250. The van der Waals surface area contributed by atoms with E-state index in [1.54, 1.807) is 0 Å². The van der Waals surface area contributed by atoms with Crippen molar-refractivity contribution in [3.05, 3.63) is 0 Å². The van der Waals surface area contributed by atoms with E-state index in [2.05, 4.69) is 27.7 Å². The van der Waals surface area contributed by atoms with Crippen molar-refractivity contribution in [1.82, 2.24) is 0 Å². The van der Waals surface area contributed by atoms with E-state index in [1.807, 2.05) is 0 Å². The van der Waals surface area contributed by atoms with Crippen LogP contribution in [0.15, 0.2) is 0 Å². The maximum atomic E-state index is 8.36. The molecule has 0 unspecified atom stereocenters. The van der Waals surface area contributed by atoms with E-state index >= 15 is 0 Å². The van der Waals surface area contributed by atoms with Gasteiger partial charge in [0.2, 0.25) is 0 Å². The van der Waals surface area contributed by atoms with Gasteiger partial charge in [-0.25, -0.2) is 0 Å². The van der Waals surface area contributed by atoms with Gasteiger partial charge in [-0.2, -0.15) is 0 Å². The van der Waals surface area contributed by atoms with Crippen LogP contribution in [0.1, 0.15) is 40.5 Å². The Hall–Kier alpha value is -0.570. The molecule has 0 spiro atoms. The molecule has 0 aromatic rings. The molecule has 14 heavy (non-hydrogen) atoms. The van der Waals surface area contributed by atoms with Crippen LogP contribution in [-0.4, -0.2) is 24.8 Å². The Morgan fingerprint density at radius 1 is 1.07 bits per heavy atom. The smallest absolute Gasteiger partial charge is 0.290 e. The minimum Gasteiger partial charge on any atom is -0.483 e. The Kier molecular flexibility index (Phi) is 14.1. The molecule has 0 saturated heterocycles. The molecule has 0 fully saturated rings. The minimum atomic E-state index is -0.250. The molecule has 0 aliphatic rings. The lowest BCUT2D eigenvalue weighted by molar-refractivity contribution is -0.122. The van der Waals surface area contributed by atoms with Crippen molar-refractivity contribution < 1.29 is 14.6 Å². The number of rotatable bonds is 6. The Morgan fingerprint density at radius 3 is 1.57 bits per heavy atom. The van der Waals surface area contributed by atoms with E-state index in [1.165, 1.54) is 12.8 Å². The van der Waals surface area contributed by atoms with Crippen LogP contribution in [0.3, 0.4) is 0 Å². The molecule has 1 N–H and O–H groups in total. The van der Waals surface area contributed by atoms with Crippen LogP contribution < -0.4 is 0 Å². The van der Waals surface area contributed by atoms with Gasteiger partial charge in [-0.05, 0) is 24.7 Å². The molecule has 0 radical (unpaired) electrons. The van der Waals surface area contributed by atoms with Crippen molar-refractivity contribution in [2.75, 3.05) is 13.2 Å². The summed E-state index contributed by atoms with van der Waals surface area (Å²) in [5.74, 6) is 1.54. The van der Waals surface area contributed by atoms with Gasteiger partial charge < -0.3 is 9.84 Å². The predicted molar refractivity (Wildman–Crippen MR) is 58.4 cm³/mol. The van der Waals surface area contributed by atoms with Crippen molar-refractivity contribution >= 4 is 6.47 Å². The van der Waals surface area contributed by atoms with Gasteiger partial charge in [-0.15, -0.1) is 0 Å². The Morgan fingerprint density at radius 2 is 1.36 bits per heavy atom. The SMILES string of the molecule is CC(C)CCOCCC(C)C.O=CO. The number of carbonyl (C=O) groups is 1. The van der Waals surface area contributed by atoms with E-state index in [9.17, 15) is 0 Å². The number of hydrogen-bond donors (Lipinski definition) is 1. The first-order valence-electron chi connectivity index (χ1n) is 5.20. The Bertz CT molecular complexity index is 101. The first-order chi connectivity index (χ1) is 6.54. The van der Waals surface area contributed by atoms with Gasteiger partial charge in [0, 0.05) is 13.2 Å². The van der Waals surface area contributed by atoms with E-state index in [-0.39, 0.29) is 6.47 Å². The third-order valence-electron chi connectivity index (χ3n) is 1.68. The molecular formula is C11H24O3. The van der Waals surface area contributed by atoms with E-state index in [0.717, 1.165) is 25.0 Å². The highest BCUT2D eigenvalue weighted by atomic mass is 16.5. The molecule has 3 nitrogen and oxygen atoms in total. The average Bonchev–Trinajstić information content (AvgIpc) is 2.04. The third-order valence-corrected chi connectivity index (χ3v) is 1.68. The third kappa shape index (κ3) is 22.5. The van der Waals surface area contributed by atoms with Gasteiger partial charge >= 0.3 is 0 Å². The van der Waals surface area contributed by atoms with E-state index in [0.29, 0.717) is 0 Å². The fraction of sp³-hybridized carbons (Fsp3) is 0.909. The monoisotopic (exact) mass is 204 g/mol. The molecule has 86 valence electrons. The zero-order valence-electron chi connectivity index (χ0n) is 9.82. The van der Waals surface area contributed by atoms with Gasteiger partial charge in [0.15, 0.2) is 0 Å². The van der Waals surface area contributed by atoms with Crippen LogP contribution >= 0.6 is 0 Å². The summed E-state index contributed by atoms with van der Waals surface area (Å²) in [6.45, 7) is 10.5. The molecule has 0 amide bonds. The van der Waals surface area contributed by atoms with E-state index in [4.69, 9.17) is 14.6 Å². The quantitative estimate of drug-likeness (QED) is 0.534. The molecule has 0 atom stereocenters. The largest absolute Gasteiger partial charge is 0.483 e. The summed E-state index contributed by atoms with van der Waals surface area (Å²) in [6.07, 6.45) is 2.39. The summed E-state index contributed by atoms with van der Waals surface area (Å²) in [7, 11) is 0. The summed E-state index contributed by atoms with van der Waals surface area (Å²) < 4.78 is 5.46. The molecule has 0 rings (SSSR count). The van der Waals surface area contributed by atoms with Gasteiger partial charge in [0.05, 0.1) is 0 Å². The standard InChI is InChI=1S/C10H22O.CH2O2/c1-9(2)5-7-11-8-6-10(3)4;2-1-3/h9-10H,5-8H2,1-4H3;1H,(H,2,3). The topological polar surface area (TPSA) is 46.5 Å². The molecule has 0 aliphatic carbocycles. The number of ether oxygens (including phenoxy) is 1. The molecule has 3 heteroatoms. The zero-order valence-corrected chi connectivity index (χ0v) is 9.82. The van der Waals surface area contributed by atoms with Crippen LogP contribution in [0.25, 0.3) is 0 Å². The fourth-order valence-corrected chi connectivity index (χ4v) is 0.740. The number of hydrogen-bond acceptors (Lipinski definition) is 2. The first kappa shape index (κ1) is 15.9. The Balaban J connectivity index is 0. The normalized spacial score (nSPS) is 9.86. The maximum absolute atomic E-state index is 8.36. The molecule has 0 heterocycles. The average molecular weight is 204 g/mol. The lowest BCUT2D eigenvalue weighted by atomic mass is 10.1. The number of carboxylic acid groups (broad SMARTS) is 1. The summed E-state index contributed by atoms with van der Waals surface area (Å²) in [6, 6.07) is 0. The Labute approximate surface area is 87.5 Å². The highest BCUT2D eigenvalue weighted by molar-refractivity contribution is 5.32. The lowest BCUT2D eigenvalue weighted by Gasteiger charge is -2.07. The maximum Gasteiger partial charge on any atom is 0.290 e. The fourth-order valence-electron chi connectivity index (χ4n) is 0.740. The second kappa shape index (κ2) is 12.4.